The summed E-state index contributed by atoms with van der Waals surface area (Å²) in [5, 5.41) is 20.5. The van der Waals surface area contributed by atoms with E-state index in [1.807, 2.05) is 18.2 Å². The van der Waals surface area contributed by atoms with Gasteiger partial charge in [-0.1, -0.05) is 36.4 Å². The van der Waals surface area contributed by atoms with Crippen LogP contribution in [0.5, 0.6) is 5.75 Å². The fraction of sp³-hybridized carbons (Fsp3) is 0.483. The molecule has 2 N–H and O–H groups in total. The van der Waals surface area contributed by atoms with E-state index in [-0.39, 0.29) is 18.4 Å². The largest absolute Gasteiger partial charge is 0.508 e. The van der Waals surface area contributed by atoms with Crippen LogP contribution in [-0.4, -0.2) is 114 Å². The van der Waals surface area contributed by atoms with E-state index in [4.69, 9.17) is 19.7 Å². The summed E-state index contributed by atoms with van der Waals surface area (Å²) < 4.78 is 5.48. The molecule has 39 heavy (non-hydrogen) atoms. The van der Waals surface area contributed by atoms with Crippen LogP contribution in [0.2, 0.25) is 0 Å². The molecule has 0 spiro atoms. The van der Waals surface area contributed by atoms with E-state index in [1.165, 1.54) is 5.56 Å². The summed E-state index contributed by atoms with van der Waals surface area (Å²) in [6, 6.07) is 15.1. The highest BCUT2D eigenvalue weighted by Crippen LogP contribution is 2.33. The Hall–Kier alpha value is -3.31. The van der Waals surface area contributed by atoms with Gasteiger partial charge in [0.1, 0.15) is 5.75 Å². The number of benzene rings is 2. The summed E-state index contributed by atoms with van der Waals surface area (Å²) in [5.41, 5.74) is 3.10. The second kappa shape index (κ2) is 11.8. The lowest BCUT2D eigenvalue weighted by Gasteiger charge is -2.38. The Kier molecular flexibility index (Phi) is 7.87. The van der Waals surface area contributed by atoms with Crippen molar-refractivity contribution in [3.63, 3.8) is 0 Å². The third-order valence-corrected chi connectivity index (χ3v) is 8.05. The molecule has 0 amide bonds. The van der Waals surface area contributed by atoms with Crippen molar-refractivity contribution < 1.29 is 14.9 Å². The highest BCUT2D eigenvalue weighted by molar-refractivity contribution is 5.61. The number of hydrogen-bond acceptors (Lipinski definition) is 10. The SMILES string of the molecule is OC[C@H]1c2ccccc2CCN1c1nc(-c2cccc(O)c2)nc(N2CCN(CCN3CCOCC3)CC2)n1. The zero-order valence-electron chi connectivity index (χ0n) is 22.3. The molecular formula is C29H37N7O3. The normalized spacial score (nSPS) is 20.7. The number of anilines is 2. The van der Waals surface area contributed by atoms with E-state index in [0.717, 1.165) is 83.1 Å². The van der Waals surface area contributed by atoms with Crippen LogP contribution >= 0.6 is 0 Å². The summed E-state index contributed by atoms with van der Waals surface area (Å²) in [4.78, 5) is 24.0. The minimum Gasteiger partial charge on any atom is -0.508 e. The van der Waals surface area contributed by atoms with Gasteiger partial charge in [-0.2, -0.15) is 15.0 Å². The van der Waals surface area contributed by atoms with Gasteiger partial charge in [0.05, 0.1) is 25.9 Å². The lowest BCUT2D eigenvalue weighted by atomic mass is 9.93. The van der Waals surface area contributed by atoms with Crippen LogP contribution in [0.1, 0.15) is 17.2 Å². The van der Waals surface area contributed by atoms with Gasteiger partial charge in [0.2, 0.25) is 11.9 Å². The molecule has 4 heterocycles. The maximum atomic E-state index is 10.4. The molecule has 3 aliphatic rings. The lowest BCUT2D eigenvalue weighted by Crippen LogP contribution is -2.50. The summed E-state index contributed by atoms with van der Waals surface area (Å²) in [7, 11) is 0. The first kappa shape index (κ1) is 25.9. The van der Waals surface area contributed by atoms with Crippen molar-refractivity contribution in [2.45, 2.75) is 12.5 Å². The molecule has 2 saturated heterocycles. The van der Waals surface area contributed by atoms with E-state index < -0.39 is 0 Å². The quantitative estimate of drug-likeness (QED) is 0.469. The Balaban J connectivity index is 1.24. The number of nitrogens with zero attached hydrogens (tertiary/aromatic N) is 7. The topological polar surface area (TPSA) is 101 Å². The number of rotatable bonds is 7. The highest BCUT2D eigenvalue weighted by atomic mass is 16.5. The van der Waals surface area contributed by atoms with Crippen LogP contribution in [0.3, 0.4) is 0 Å². The van der Waals surface area contributed by atoms with Crippen molar-refractivity contribution in [3.8, 4) is 17.1 Å². The van der Waals surface area contributed by atoms with Gasteiger partial charge in [0.15, 0.2) is 5.82 Å². The minimum absolute atomic E-state index is 0.0265. The Labute approximate surface area is 229 Å². The van der Waals surface area contributed by atoms with Crippen LogP contribution in [-0.2, 0) is 11.2 Å². The second-order valence-electron chi connectivity index (χ2n) is 10.4. The number of morpholine rings is 1. The molecule has 1 atom stereocenters. The van der Waals surface area contributed by atoms with Gasteiger partial charge in [-0.05, 0) is 29.7 Å². The van der Waals surface area contributed by atoms with E-state index in [2.05, 4.69) is 31.7 Å². The van der Waals surface area contributed by atoms with Gasteiger partial charge in [-0.25, -0.2) is 0 Å². The lowest BCUT2D eigenvalue weighted by molar-refractivity contribution is 0.0331. The molecule has 2 aromatic carbocycles. The molecule has 0 saturated carbocycles. The number of fused-ring (bicyclic) bond motifs is 1. The van der Waals surface area contributed by atoms with E-state index in [1.54, 1.807) is 18.2 Å². The smallest absolute Gasteiger partial charge is 0.231 e. The number of piperazine rings is 1. The molecule has 10 nitrogen and oxygen atoms in total. The molecule has 6 rings (SSSR count). The third kappa shape index (κ3) is 5.84. The van der Waals surface area contributed by atoms with Crippen LogP contribution in [0.4, 0.5) is 11.9 Å². The fourth-order valence-corrected chi connectivity index (χ4v) is 5.76. The number of phenols is 1. The van der Waals surface area contributed by atoms with Gasteiger partial charge in [-0.3, -0.25) is 9.80 Å². The zero-order chi connectivity index (χ0) is 26.6. The molecule has 2 fully saturated rings. The van der Waals surface area contributed by atoms with Gasteiger partial charge in [-0.15, -0.1) is 0 Å². The summed E-state index contributed by atoms with van der Waals surface area (Å²) in [6.07, 6.45) is 0.858. The molecule has 0 aliphatic carbocycles. The standard InChI is InChI=1S/C29H37N7O3/c37-21-26-25-7-2-1-4-22(25)8-9-36(26)29-31-27(23-5-3-6-24(38)20-23)30-28(32-29)35-14-12-33(13-15-35)10-11-34-16-18-39-19-17-34/h1-7,20,26,37-38H,8-19,21H2/t26-/m0/s1. The number of phenolic OH excluding ortho intramolecular Hbond substituents is 1. The van der Waals surface area contributed by atoms with Crippen LogP contribution < -0.4 is 9.80 Å². The van der Waals surface area contributed by atoms with E-state index >= 15 is 0 Å². The van der Waals surface area contributed by atoms with Gasteiger partial charge < -0.3 is 24.7 Å². The average molecular weight is 532 g/mol. The fourth-order valence-electron chi connectivity index (χ4n) is 5.76. The predicted molar refractivity (Wildman–Crippen MR) is 150 cm³/mol. The maximum Gasteiger partial charge on any atom is 0.231 e. The Morgan fingerprint density at radius 2 is 1.54 bits per heavy atom. The van der Waals surface area contributed by atoms with Crippen molar-refractivity contribution >= 4 is 11.9 Å². The van der Waals surface area contributed by atoms with E-state index in [0.29, 0.717) is 24.3 Å². The molecule has 1 aromatic heterocycles. The molecule has 0 radical (unpaired) electrons. The minimum atomic E-state index is -0.223. The monoisotopic (exact) mass is 531 g/mol. The number of aromatic nitrogens is 3. The molecule has 0 bridgehead atoms. The van der Waals surface area contributed by atoms with Crippen LogP contribution in [0.25, 0.3) is 11.4 Å². The second-order valence-corrected chi connectivity index (χ2v) is 10.4. The molecule has 3 aliphatic heterocycles. The number of ether oxygens (including phenoxy) is 1. The van der Waals surface area contributed by atoms with Gasteiger partial charge >= 0.3 is 0 Å². The Bertz CT molecular complexity index is 1260. The van der Waals surface area contributed by atoms with Gasteiger partial charge in [0, 0.05) is 64.5 Å². The molecular weight excluding hydrogens is 494 g/mol. The number of aliphatic hydroxyl groups excluding tert-OH is 1. The number of aromatic hydroxyl groups is 1. The first-order valence-corrected chi connectivity index (χ1v) is 14.0. The summed E-state index contributed by atoms with van der Waals surface area (Å²) in [5.74, 6) is 1.89. The Morgan fingerprint density at radius 1 is 0.795 bits per heavy atom. The first-order chi connectivity index (χ1) is 19.2. The highest BCUT2D eigenvalue weighted by Gasteiger charge is 2.30. The van der Waals surface area contributed by atoms with Crippen molar-refractivity contribution in [3.05, 3.63) is 59.7 Å². The van der Waals surface area contributed by atoms with E-state index in [9.17, 15) is 10.2 Å². The van der Waals surface area contributed by atoms with Crippen molar-refractivity contribution in [1.29, 1.82) is 0 Å². The van der Waals surface area contributed by atoms with Crippen molar-refractivity contribution in [2.24, 2.45) is 0 Å². The Morgan fingerprint density at radius 3 is 2.31 bits per heavy atom. The predicted octanol–water partition coefficient (Wildman–Crippen LogP) is 1.79. The van der Waals surface area contributed by atoms with Gasteiger partial charge in [0.25, 0.3) is 0 Å². The molecule has 206 valence electrons. The summed E-state index contributed by atoms with van der Waals surface area (Å²) in [6.45, 7) is 10.1. The molecule has 3 aromatic rings. The first-order valence-electron chi connectivity index (χ1n) is 14.0. The zero-order valence-corrected chi connectivity index (χ0v) is 22.3. The van der Waals surface area contributed by atoms with Crippen LogP contribution in [0.15, 0.2) is 48.5 Å². The van der Waals surface area contributed by atoms with Crippen molar-refractivity contribution in [1.82, 2.24) is 24.8 Å². The van der Waals surface area contributed by atoms with Crippen molar-refractivity contribution in [2.75, 3.05) is 88.5 Å². The average Bonchev–Trinajstić information content (AvgIpc) is 3.00. The third-order valence-electron chi connectivity index (χ3n) is 8.05. The molecule has 0 unspecified atom stereocenters. The maximum absolute atomic E-state index is 10.4. The molecule has 10 heteroatoms. The summed E-state index contributed by atoms with van der Waals surface area (Å²) >= 11 is 0. The van der Waals surface area contributed by atoms with Crippen LogP contribution in [0, 0.1) is 0 Å². The number of aliphatic hydroxyl groups is 1. The number of hydrogen-bond donors (Lipinski definition) is 2.